The highest BCUT2D eigenvalue weighted by Crippen LogP contribution is 2.23. The summed E-state index contributed by atoms with van der Waals surface area (Å²) in [4.78, 5) is 17.1. The third kappa shape index (κ3) is 5.72. The molecule has 0 saturated heterocycles. The first kappa shape index (κ1) is 23.3. The summed E-state index contributed by atoms with van der Waals surface area (Å²) in [5.74, 6) is 0.373. The van der Waals surface area contributed by atoms with E-state index in [9.17, 15) is 9.18 Å². The van der Waals surface area contributed by atoms with Crippen LogP contribution in [0.25, 0.3) is 11.3 Å². The lowest BCUT2D eigenvalue weighted by Gasteiger charge is -2.08. The largest absolute Gasteiger partial charge is 0.497 e. The summed E-state index contributed by atoms with van der Waals surface area (Å²) in [6.45, 7) is 0. The summed E-state index contributed by atoms with van der Waals surface area (Å²) in [5.41, 5.74) is 2.28. The maximum absolute atomic E-state index is 13.3. The molecule has 34 heavy (non-hydrogen) atoms. The molecule has 0 unspecified atom stereocenters. The summed E-state index contributed by atoms with van der Waals surface area (Å²) >= 11 is 12.2. The molecule has 2 N–H and O–H groups in total. The van der Waals surface area contributed by atoms with Crippen LogP contribution in [0, 0.1) is 5.82 Å². The molecule has 7 nitrogen and oxygen atoms in total. The number of aromatic nitrogens is 2. The number of carbonyl (C=O) groups is 1. The Morgan fingerprint density at radius 2 is 1.88 bits per heavy atom. The highest BCUT2D eigenvalue weighted by molar-refractivity contribution is 6.36. The number of methoxy groups -OCH3 is 1. The van der Waals surface area contributed by atoms with Gasteiger partial charge in [0.05, 0.1) is 30.2 Å². The van der Waals surface area contributed by atoms with Crippen LogP contribution in [0.15, 0.2) is 78.0 Å². The number of benzene rings is 3. The average molecular weight is 498 g/mol. The number of rotatable bonds is 6. The van der Waals surface area contributed by atoms with E-state index in [4.69, 9.17) is 27.9 Å². The molecule has 3 aromatic carbocycles. The number of halogens is 3. The highest BCUT2D eigenvalue weighted by atomic mass is 35.5. The van der Waals surface area contributed by atoms with Crippen LogP contribution in [0.4, 0.5) is 20.8 Å². The van der Waals surface area contributed by atoms with E-state index >= 15 is 0 Å². The van der Waals surface area contributed by atoms with Crippen molar-refractivity contribution in [3.63, 3.8) is 0 Å². The third-order valence-corrected chi connectivity index (χ3v) is 5.23. The molecule has 0 bridgehead atoms. The number of ether oxygens (including phenoxy) is 1. The van der Waals surface area contributed by atoms with E-state index in [0.717, 1.165) is 0 Å². The minimum atomic E-state index is -0.537. The van der Waals surface area contributed by atoms with Gasteiger partial charge in [0.15, 0.2) is 0 Å². The summed E-state index contributed by atoms with van der Waals surface area (Å²) in [6.07, 6.45) is 3.12. The minimum absolute atomic E-state index is 0.140. The Morgan fingerprint density at radius 1 is 1.09 bits per heavy atom. The zero-order valence-electron chi connectivity index (χ0n) is 17.8. The molecule has 0 fully saturated rings. The lowest BCUT2D eigenvalue weighted by molar-refractivity contribution is 0.262. The molecule has 1 heterocycles. The number of hydrogen-bond donors (Lipinski definition) is 2. The minimum Gasteiger partial charge on any atom is -0.497 e. The van der Waals surface area contributed by atoms with Crippen molar-refractivity contribution in [2.24, 2.45) is 5.10 Å². The fourth-order valence-corrected chi connectivity index (χ4v) is 3.46. The Labute approximate surface area is 204 Å². The van der Waals surface area contributed by atoms with Gasteiger partial charge in [0.25, 0.3) is 0 Å². The Balaban J connectivity index is 1.62. The fraction of sp³-hybridized carbons (Fsp3) is 0.0417. The van der Waals surface area contributed by atoms with E-state index < -0.39 is 6.03 Å². The zero-order chi connectivity index (χ0) is 24.1. The van der Waals surface area contributed by atoms with Gasteiger partial charge in [-0.25, -0.2) is 18.8 Å². The molecule has 172 valence electrons. The second kappa shape index (κ2) is 10.4. The number of urea groups is 1. The van der Waals surface area contributed by atoms with Crippen LogP contribution in [0.3, 0.4) is 0 Å². The quantitative estimate of drug-likeness (QED) is 0.297. The van der Waals surface area contributed by atoms with Gasteiger partial charge in [-0.05, 0) is 48.5 Å². The Hall–Kier alpha value is -3.88. The molecular formula is C24H18Cl2FN5O2. The van der Waals surface area contributed by atoms with Crippen molar-refractivity contribution in [1.29, 1.82) is 0 Å². The maximum atomic E-state index is 13.3. The standard InChI is InChI=1S/C24H18Cl2FN5O2/c1-34-20-4-2-3-19(12-20)29-24(33)31-23-30-22(15-6-9-18(27)10-7-15)14-32(23)28-13-16-5-8-17(25)11-21(16)26/h2-14H,1H3,(H2,29,30,31,33). The monoisotopic (exact) mass is 497 g/mol. The lowest BCUT2D eigenvalue weighted by atomic mass is 10.2. The number of imidazole rings is 1. The number of nitrogens with one attached hydrogen (secondary N) is 2. The predicted molar refractivity (Wildman–Crippen MR) is 133 cm³/mol. The predicted octanol–water partition coefficient (Wildman–Crippen LogP) is 6.53. The van der Waals surface area contributed by atoms with Crippen LogP contribution < -0.4 is 15.4 Å². The van der Waals surface area contributed by atoms with Crippen LogP contribution in [-0.4, -0.2) is 29.0 Å². The first-order chi connectivity index (χ1) is 16.4. The molecular weight excluding hydrogens is 480 g/mol. The van der Waals surface area contributed by atoms with Gasteiger partial charge in [-0.3, -0.25) is 5.32 Å². The third-order valence-electron chi connectivity index (χ3n) is 4.66. The molecule has 0 aliphatic heterocycles. The summed E-state index contributed by atoms with van der Waals surface area (Å²) < 4.78 is 19.9. The highest BCUT2D eigenvalue weighted by Gasteiger charge is 2.13. The van der Waals surface area contributed by atoms with Gasteiger partial charge in [0.1, 0.15) is 11.6 Å². The molecule has 2 amide bonds. The van der Waals surface area contributed by atoms with E-state index in [1.165, 1.54) is 30.1 Å². The number of hydrogen-bond acceptors (Lipinski definition) is 4. The smallest absolute Gasteiger partial charge is 0.326 e. The summed E-state index contributed by atoms with van der Waals surface area (Å²) in [5, 5.41) is 10.7. The lowest BCUT2D eigenvalue weighted by Crippen LogP contribution is -2.21. The van der Waals surface area contributed by atoms with E-state index in [2.05, 4.69) is 20.7 Å². The second-order valence-corrected chi connectivity index (χ2v) is 7.87. The van der Waals surface area contributed by atoms with E-state index in [-0.39, 0.29) is 11.8 Å². The van der Waals surface area contributed by atoms with Crippen molar-refractivity contribution in [2.45, 2.75) is 0 Å². The number of amides is 2. The fourth-order valence-electron chi connectivity index (χ4n) is 3.00. The summed E-state index contributed by atoms with van der Waals surface area (Å²) in [6, 6.07) is 17.2. The molecule has 0 atom stereocenters. The van der Waals surface area contributed by atoms with Crippen molar-refractivity contribution in [1.82, 2.24) is 9.66 Å². The second-order valence-electron chi connectivity index (χ2n) is 7.02. The number of nitrogens with zero attached hydrogens (tertiary/aromatic N) is 3. The van der Waals surface area contributed by atoms with E-state index in [1.54, 1.807) is 60.8 Å². The summed E-state index contributed by atoms with van der Waals surface area (Å²) in [7, 11) is 1.54. The van der Waals surface area contributed by atoms with Crippen molar-refractivity contribution in [3.8, 4) is 17.0 Å². The Kier molecular flexibility index (Phi) is 7.10. The van der Waals surface area contributed by atoms with Crippen LogP contribution in [0.5, 0.6) is 5.75 Å². The molecule has 4 aromatic rings. The zero-order valence-corrected chi connectivity index (χ0v) is 19.3. The topological polar surface area (TPSA) is 80.5 Å². The van der Waals surface area contributed by atoms with Crippen molar-refractivity contribution >= 4 is 47.1 Å². The van der Waals surface area contributed by atoms with Gasteiger partial charge in [0, 0.05) is 27.9 Å². The van der Waals surface area contributed by atoms with E-state index in [1.807, 2.05) is 0 Å². The Bertz CT molecular complexity index is 1360. The van der Waals surface area contributed by atoms with Gasteiger partial charge < -0.3 is 10.1 Å². The normalized spacial score (nSPS) is 10.9. The van der Waals surface area contributed by atoms with Crippen LogP contribution >= 0.6 is 23.2 Å². The average Bonchev–Trinajstić information content (AvgIpc) is 3.21. The molecule has 0 aliphatic rings. The molecule has 10 heteroatoms. The molecule has 0 saturated carbocycles. The van der Waals surface area contributed by atoms with Gasteiger partial charge in [0.2, 0.25) is 5.95 Å². The Morgan fingerprint density at radius 3 is 2.62 bits per heavy atom. The van der Waals surface area contributed by atoms with Gasteiger partial charge in [-0.15, -0.1) is 0 Å². The molecule has 1 aromatic heterocycles. The first-order valence-corrected chi connectivity index (χ1v) is 10.7. The van der Waals surface area contributed by atoms with Gasteiger partial charge in [-0.2, -0.15) is 5.10 Å². The molecule has 0 aliphatic carbocycles. The molecule has 4 rings (SSSR count). The van der Waals surface area contributed by atoms with Crippen LogP contribution in [0.1, 0.15) is 5.56 Å². The number of carbonyl (C=O) groups excluding carboxylic acids is 1. The molecule has 0 radical (unpaired) electrons. The SMILES string of the molecule is COc1cccc(NC(=O)Nc2nc(-c3ccc(F)cc3)cn2N=Cc2ccc(Cl)cc2Cl)c1. The van der Waals surface area contributed by atoms with Crippen molar-refractivity contribution < 1.29 is 13.9 Å². The first-order valence-electron chi connectivity index (χ1n) is 9.98. The van der Waals surface area contributed by atoms with Crippen LogP contribution in [-0.2, 0) is 0 Å². The van der Waals surface area contributed by atoms with Crippen molar-refractivity contribution in [2.75, 3.05) is 17.7 Å². The number of anilines is 2. The molecule has 0 spiro atoms. The van der Waals surface area contributed by atoms with Gasteiger partial charge >= 0.3 is 6.03 Å². The van der Waals surface area contributed by atoms with Gasteiger partial charge in [-0.1, -0.05) is 35.3 Å². The van der Waals surface area contributed by atoms with Crippen molar-refractivity contribution in [3.05, 3.63) is 94.4 Å². The van der Waals surface area contributed by atoms with Crippen LogP contribution in [0.2, 0.25) is 10.0 Å². The van der Waals surface area contributed by atoms with E-state index in [0.29, 0.717) is 38.3 Å². The maximum Gasteiger partial charge on any atom is 0.326 e.